The van der Waals surface area contributed by atoms with Crippen molar-refractivity contribution in [3.05, 3.63) is 65.7 Å². The molecule has 0 spiro atoms. The van der Waals surface area contributed by atoms with Crippen molar-refractivity contribution in [2.75, 3.05) is 20.3 Å². The Bertz CT molecular complexity index is 844. The lowest BCUT2D eigenvalue weighted by atomic mass is 9.98. The average molecular weight is 431 g/mol. The SMILES string of the molecule is CCOC(=O)[C@H]1C(Cl)[C@H](Cc2ccccc2)NCC(=O)N1Cc1ccc(OC)cc1. The standard InChI is InChI=1S/C23H27ClN2O4/c1-3-30-23(28)22-21(24)19(13-16-7-5-4-6-8-16)25-14-20(27)26(22)15-17-9-11-18(29-2)12-10-17/h4-12,19,21-22,25H,3,13-15H2,1-2H3/t19-,21?,22+/m0/s1. The molecule has 1 fully saturated rings. The predicted molar refractivity (Wildman–Crippen MR) is 116 cm³/mol. The zero-order valence-corrected chi connectivity index (χ0v) is 18.0. The van der Waals surface area contributed by atoms with Crippen molar-refractivity contribution < 1.29 is 19.1 Å². The molecule has 2 aromatic rings. The number of methoxy groups -OCH3 is 1. The van der Waals surface area contributed by atoms with Crippen LogP contribution in [0.2, 0.25) is 0 Å². The third-order valence-electron chi connectivity index (χ3n) is 5.20. The molecule has 0 bridgehead atoms. The smallest absolute Gasteiger partial charge is 0.330 e. The van der Waals surface area contributed by atoms with E-state index in [9.17, 15) is 9.59 Å². The third kappa shape index (κ3) is 5.32. The molecular formula is C23H27ClN2O4. The van der Waals surface area contributed by atoms with Crippen molar-refractivity contribution in [2.45, 2.75) is 37.4 Å². The Balaban J connectivity index is 1.87. The number of nitrogens with zero attached hydrogens (tertiary/aromatic N) is 1. The number of amides is 1. The second-order valence-electron chi connectivity index (χ2n) is 7.19. The van der Waals surface area contributed by atoms with Gasteiger partial charge in [0.1, 0.15) is 11.8 Å². The summed E-state index contributed by atoms with van der Waals surface area (Å²) in [6.45, 7) is 2.33. The zero-order chi connectivity index (χ0) is 21.5. The molecule has 3 rings (SSSR count). The lowest BCUT2D eigenvalue weighted by Gasteiger charge is -2.32. The Labute approximate surface area is 182 Å². The van der Waals surface area contributed by atoms with Crippen molar-refractivity contribution >= 4 is 23.5 Å². The Hall–Kier alpha value is -2.57. The van der Waals surface area contributed by atoms with E-state index in [0.717, 1.165) is 16.9 Å². The number of nitrogens with one attached hydrogen (secondary N) is 1. The highest BCUT2D eigenvalue weighted by Crippen LogP contribution is 2.24. The molecule has 1 aliphatic rings. The molecule has 1 aliphatic heterocycles. The zero-order valence-electron chi connectivity index (χ0n) is 17.2. The molecule has 1 amide bonds. The Morgan fingerprint density at radius 3 is 2.47 bits per heavy atom. The summed E-state index contributed by atoms with van der Waals surface area (Å²) in [6, 6.07) is 16.1. The third-order valence-corrected chi connectivity index (χ3v) is 5.74. The summed E-state index contributed by atoms with van der Waals surface area (Å²) < 4.78 is 10.5. The van der Waals surface area contributed by atoms with Crippen LogP contribution in [0.3, 0.4) is 0 Å². The molecule has 0 radical (unpaired) electrons. The fourth-order valence-corrected chi connectivity index (χ4v) is 4.05. The van der Waals surface area contributed by atoms with Crippen molar-refractivity contribution in [3.8, 4) is 5.75 Å². The fourth-order valence-electron chi connectivity index (χ4n) is 3.63. The van der Waals surface area contributed by atoms with Gasteiger partial charge in [0.25, 0.3) is 0 Å². The first kappa shape index (κ1) is 22.1. The average Bonchev–Trinajstić information content (AvgIpc) is 2.87. The molecule has 1 heterocycles. The molecule has 1 N–H and O–H groups in total. The lowest BCUT2D eigenvalue weighted by Crippen LogP contribution is -2.52. The summed E-state index contributed by atoms with van der Waals surface area (Å²) in [6.07, 6.45) is 0.606. The van der Waals surface area contributed by atoms with E-state index in [0.29, 0.717) is 6.42 Å². The van der Waals surface area contributed by atoms with Crippen molar-refractivity contribution in [1.29, 1.82) is 0 Å². The van der Waals surface area contributed by atoms with E-state index in [2.05, 4.69) is 5.32 Å². The molecule has 1 unspecified atom stereocenters. The van der Waals surface area contributed by atoms with E-state index in [-0.39, 0.29) is 31.6 Å². The summed E-state index contributed by atoms with van der Waals surface area (Å²) in [7, 11) is 1.60. The van der Waals surface area contributed by atoms with Gasteiger partial charge in [0.15, 0.2) is 0 Å². The normalized spacial score (nSPS) is 21.8. The highest BCUT2D eigenvalue weighted by Gasteiger charge is 2.43. The molecule has 2 aromatic carbocycles. The van der Waals surface area contributed by atoms with Crippen LogP contribution >= 0.6 is 11.6 Å². The van der Waals surface area contributed by atoms with Crippen LogP contribution in [0.15, 0.2) is 54.6 Å². The number of ether oxygens (including phenoxy) is 2. The molecule has 3 atom stereocenters. The van der Waals surface area contributed by atoms with Crippen molar-refractivity contribution in [3.63, 3.8) is 0 Å². The lowest BCUT2D eigenvalue weighted by molar-refractivity contribution is -0.154. The molecule has 30 heavy (non-hydrogen) atoms. The van der Waals surface area contributed by atoms with Gasteiger partial charge < -0.3 is 19.7 Å². The van der Waals surface area contributed by atoms with E-state index < -0.39 is 17.4 Å². The van der Waals surface area contributed by atoms with Crippen LogP contribution < -0.4 is 10.1 Å². The quantitative estimate of drug-likeness (QED) is 0.540. The maximum absolute atomic E-state index is 13.0. The van der Waals surface area contributed by atoms with E-state index in [1.807, 2.05) is 54.6 Å². The van der Waals surface area contributed by atoms with Crippen molar-refractivity contribution in [2.24, 2.45) is 0 Å². The van der Waals surface area contributed by atoms with Crippen LogP contribution in [-0.4, -0.2) is 54.5 Å². The molecule has 0 aromatic heterocycles. The highest BCUT2D eigenvalue weighted by molar-refractivity contribution is 6.23. The Morgan fingerprint density at radius 1 is 1.13 bits per heavy atom. The highest BCUT2D eigenvalue weighted by atomic mass is 35.5. The van der Waals surface area contributed by atoms with Crippen molar-refractivity contribution in [1.82, 2.24) is 10.2 Å². The van der Waals surface area contributed by atoms with Crippen LogP contribution in [0.25, 0.3) is 0 Å². The number of esters is 1. The molecule has 160 valence electrons. The minimum absolute atomic E-state index is 0.104. The van der Waals surface area contributed by atoms with Crippen LogP contribution in [0.1, 0.15) is 18.1 Å². The maximum atomic E-state index is 13.0. The number of benzene rings is 2. The number of rotatable bonds is 7. The van der Waals surface area contributed by atoms with Gasteiger partial charge in [0, 0.05) is 12.6 Å². The molecule has 0 aliphatic carbocycles. The predicted octanol–water partition coefficient (Wildman–Crippen LogP) is 2.78. The van der Waals surface area contributed by atoms with Gasteiger partial charge in [-0.3, -0.25) is 4.79 Å². The van der Waals surface area contributed by atoms with Crippen LogP contribution in [-0.2, 0) is 27.3 Å². The first-order valence-electron chi connectivity index (χ1n) is 10.0. The van der Waals surface area contributed by atoms with Crippen LogP contribution in [0.4, 0.5) is 0 Å². The second kappa shape index (κ2) is 10.5. The van der Waals surface area contributed by atoms with Crippen LogP contribution in [0, 0.1) is 0 Å². The van der Waals surface area contributed by atoms with Gasteiger partial charge in [0.05, 0.1) is 25.6 Å². The monoisotopic (exact) mass is 430 g/mol. The second-order valence-corrected chi connectivity index (χ2v) is 7.69. The van der Waals surface area contributed by atoms with E-state index in [1.54, 1.807) is 14.0 Å². The van der Waals surface area contributed by atoms with E-state index in [1.165, 1.54) is 4.90 Å². The summed E-state index contributed by atoms with van der Waals surface area (Å²) in [5.41, 5.74) is 1.96. The van der Waals surface area contributed by atoms with Gasteiger partial charge in [0.2, 0.25) is 5.91 Å². The molecule has 6 nitrogen and oxygen atoms in total. The number of carbonyl (C=O) groups is 2. The first-order valence-corrected chi connectivity index (χ1v) is 10.5. The van der Waals surface area contributed by atoms with Gasteiger partial charge >= 0.3 is 5.97 Å². The van der Waals surface area contributed by atoms with E-state index >= 15 is 0 Å². The van der Waals surface area contributed by atoms with Gasteiger partial charge in [-0.15, -0.1) is 11.6 Å². The summed E-state index contributed by atoms with van der Waals surface area (Å²) in [5, 5.41) is 2.60. The number of alkyl halides is 1. The number of carbonyl (C=O) groups excluding carboxylic acids is 2. The summed E-state index contributed by atoms with van der Waals surface area (Å²) >= 11 is 6.83. The summed E-state index contributed by atoms with van der Waals surface area (Å²) in [5.74, 6) is 0.0499. The Kier molecular flexibility index (Phi) is 7.71. The number of hydrogen-bond donors (Lipinski definition) is 1. The number of hydrogen-bond acceptors (Lipinski definition) is 5. The fraction of sp³-hybridized carbons (Fsp3) is 0.391. The van der Waals surface area contributed by atoms with Gasteiger partial charge in [-0.25, -0.2) is 4.79 Å². The first-order chi connectivity index (χ1) is 14.5. The van der Waals surface area contributed by atoms with Gasteiger partial charge in [-0.05, 0) is 36.6 Å². The molecule has 0 saturated carbocycles. The minimum Gasteiger partial charge on any atom is -0.497 e. The maximum Gasteiger partial charge on any atom is 0.330 e. The number of halogens is 1. The molecular weight excluding hydrogens is 404 g/mol. The van der Waals surface area contributed by atoms with Crippen LogP contribution in [0.5, 0.6) is 5.75 Å². The molecule has 1 saturated heterocycles. The topological polar surface area (TPSA) is 67.9 Å². The largest absolute Gasteiger partial charge is 0.497 e. The Morgan fingerprint density at radius 2 is 1.83 bits per heavy atom. The summed E-state index contributed by atoms with van der Waals surface area (Å²) in [4.78, 5) is 27.4. The van der Waals surface area contributed by atoms with Gasteiger partial charge in [-0.2, -0.15) is 0 Å². The molecule has 7 heteroatoms. The van der Waals surface area contributed by atoms with E-state index in [4.69, 9.17) is 21.1 Å². The van der Waals surface area contributed by atoms with Gasteiger partial charge in [-0.1, -0.05) is 42.5 Å². The minimum atomic E-state index is -0.884.